The van der Waals surface area contributed by atoms with Gasteiger partial charge in [0, 0.05) is 52.5 Å². The van der Waals surface area contributed by atoms with Gasteiger partial charge in [-0.2, -0.15) is 0 Å². The van der Waals surface area contributed by atoms with Gasteiger partial charge in [0.15, 0.2) is 0 Å². The summed E-state index contributed by atoms with van der Waals surface area (Å²) in [6.07, 6.45) is 6.51. The molecule has 0 unspecified atom stereocenters. The molecule has 0 spiro atoms. The van der Waals surface area contributed by atoms with Gasteiger partial charge in [0.2, 0.25) is 0 Å². The number of fused-ring (bicyclic) bond motifs is 6. The van der Waals surface area contributed by atoms with E-state index in [1.54, 1.807) is 0 Å². The van der Waals surface area contributed by atoms with Gasteiger partial charge in [-0.05, 0) is 124 Å². The summed E-state index contributed by atoms with van der Waals surface area (Å²) >= 11 is 0. The van der Waals surface area contributed by atoms with Crippen LogP contribution in [0.15, 0.2) is 182 Å². The average Bonchev–Trinajstić information content (AvgIpc) is 3.66. The molecule has 0 N–H and O–H groups in total. The van der Waals surface area contributed by atoms with Crippen LogP contribution in [0.25, 0.3) is 55.3 Å². The molecule has 0 saturated carbocycles. The average molecular weight is 696 g/mol. The first-order valence-corrected chi connectivity index (χ1v) is 18.9. The second kappa shape index (κ2) is 12.5. The summed E-state index contributed by atoms with van der Waals surface area (Å²) in [6, 6.07) is 60.3. The van der Waals surface area contributed by atoms with Gasteiger partial charge >= 0.3 is 0 Å². The van der Waals surface area contributed by atoms with E-state index in [-0.39, 0.29) is 5.41 Å². The monoisotopic (exact) mass is 695 g/mol. The van der Waals surface area contributed by atoms with Crippen LogP contribution < -0.4 is 4.90 Å². The molecule has 2 heterocycles. The van der Waals surface area contributed by atoms with E-state index in [0.717, 1.165) is 23.6 Å². The number of hydrogen-bond acceptors (Lipinski definition) is 2. The zero-order chi connectivity index (χ0) is 36.4. The molecule has 0 amide bonds. The van der Waals surface area contributed by atoms with E-state index in [0.29, 0.717) is 0 Å². The van der Waals surface area contributed by atoms with Crippen molar-refractivity contribution in [2.24, 2.45) is 0 Å². The Bertz CT molecular complexity index is 2780. The van der Waals surface area contributed by atoms with E-state index in [9.17, 15) is 0 Å². The van der Waals surface area contributed by atoms with Crippen molar-refractivity contribution < 1.29 is 0 Å². The lowest BCUT2D eigenvalue weighted by molar-refractivity contribution is 0.512. The Hall–Kier alpha value is -6.58. The van der Waals surface area contributed by atoms with Crippen molar-refractivity contribution in [2.45, 2.75) is 19.3 Å². The molecule has 0 saturated heterocycles. The lowest BCUT2D eigenvalue weighted by atomic mass is 9.82. The molecule has 3 nitrogen and oxygen atoms in total. The first-order chi connectivity index (χ1) is 26.4. The maximum atomic E-state index is 2.42. The van der Waals surface area contributed by atoms with Crippen molar-refractivity contribution in [3.8, 4) is 27.9 Å². The van der Waals surface area contributed by atoms with Gasteiger partial charge in [-0.3, -0.25) is 0 Å². The van der Waals surface area contributed by atoms with E-state index in [2.05, 4.69) is 217 Å². The third-order valence-electron chi connectivity index (χ3n) is 11.5. The Labute approximate surface area is 317 Å². The number of nitrogens with zero attached hydrogens (tertiary/aromatic N) is 3. The lowest BCUT2D eigenvalue weighted by Gasteiger charge is -2.29. The molecular weight excluding hydrogens is 655 g/mol. The minimum atomic E-state index is -0.0918. The maximum Gasteiger partial charge on any atom is 0.0541 e. The van der Waals surface area contributed by atoms with Crippen molar-refractivity contribution in [2.75, 3.05) is 18.5 Å². The van der Waals surface area contributed by atoms with Crippen LogP contribution in [0.1, 0.15) is 30.5 Å². The number of anilines is 3. The van der Waals surface area contributed by atoms with Gasteiger partial charge in [-0.15, -0.1) is 0 Å². The molecule has 0 radical (unpaired) electrons. The fourth-order valence-electron chi connectivity index (χ4n) is 8.80. The van der Waals surface area contributed by atoms with Crippen molar-refractivity contribution >= 4 is 44.4 Å². The molecule has 8 aromatic rings. The molecule has 1 aromatic heterocycles. The summed E-state index contributed by atoms with van der Waals surface area (Å²) in [7, 11) is 2.13. The van der Waals surface area contributed by atoms with Gasteiger partial charge in [0.05, 0.1) is 11.0 Å². The smallest absolute Gasteiger partial charge is 0.0541 e. The lowest BCUT2D eigenvalue weighted by Crippen LogP contribution is -2.17. The highest BCUT2D eigenvalue weighted by molar-refractivity contribution is 6.10. The molecule has 2 aliphatic rings. The summed E-state index contributed by atoms with van der Waals surface area (Å²) in [5.41, 5.74) is 17.3. The number of hydrogen-bond donors (Lipinski definition) is 0. The number of aromatic nitrogens is 1. The highest BCUT2D eigenvalue weighted by Gasteiger charge is 2.35. The highest BCUT2D eigenvalue weighted by Crippen LogP contribution is 2.50. The topological polar surface area (TPSA) is 11.4 Å². The van der Waals surface area contributed by atoms with Crippen LogP contribution in [0.2, 0.25) is 0 Å². The van der Waals surface area contributed by atoms with Crippen LogP contribution in [0, 0.1) is 0 Å². The maximum absolute atomic E-state index is 2.42. The van der Waals surface area contributed by atoms with Crippen LogP contribution in [-0.4, -0.2) is 23.1 Å². The van der Waals surface area contributed by atoms with Crippen LogP contribution >= 0.6 is 0 Å². The zero-order valence-electron chi connectivity index (χ0n) is 30.9. The molecule has 3 heteroatoms. The Balaban J connectivity index is 1.08. The molecule has 0 fully saturated rings. The Morgan fingerprint density at radius 2 is 1.22 bits per heavy atom. The quantitative estimate of drug-likeness (QED) is 0.172. The van der Waals surface area contributed by atoms with E-state index in [4.69, 9.17) is 0 Å². The van der Waals surface area contributed by atoms with Crippen LogP contribution in [0.4, 0.5) is 17.1 Å². The fraction of sp³-hybridized carbons (Fsp3) is 0.0980. The number of benzene rings is 7. The Kier molecular flexibility index (Phi) is 7.45. The summed E-state index contributed by atoms with van der Waals surface area (Å²) < 4.78 is 2.37. The minimum absolute atomic E-state index is 0.0918. The zero-order valence-corrected chi connectivity index (χ0v) is 30.9. The first-order valence-electron chi connectivity index (χ1n) is 18.9. The first kappa shape index (κ1) is 32.1. The Morgan fingerprint density at radius 1 is 0.519 bits per heavy atom. The van der Waals surface area contributed by atoms with Crippen LogP contribution in [-0.2, 0) is 5.41 Å². The van der Waals surface area contributed by atoms with Crippen molar-refractivity contribution in [1.82, 2.24) is 9.47 Å². The van der Waals surface area contributed by atoms with E-state index in [1.807, 2.05) is 0 Å². The number of allylic oxidation sites excluding steroid dienone is 2. The van der Waals surface area contributed by atoms with E-state index in [1.165, 1.54) is 72.0 Å². The van der Waals surface area contributed by atoms with Crippen molar-refractivity contribution in [3.05, 3.63) is 199 Å². The second-order valence-electron chi connectivity index (χ2n) is 15.2. The molecule has 0 bridgehead atoms. The summed E-state index contributed by atoms with van der Waals surface area (Å²) in [5, 5.41) is 2.52. The van der Waals surface area contributed by atoms with Crippen LogP contribution in [0.5, 0.6) is 0 Å². The number of likely N-dealkylation sites (N-methyl/N-ethyl adjacent to an activating group) is 1. The molecule has 10 rings (SSSR count). The normalized spacial score (nSPS) is 14.3. The SMILES string of the molecule is CN1C=CC=C(c2cccc(N(c3ccc(-c4ccc5c(c4)c4ccccc4n5-c4ccccc4)cc3)c3ccc4c(c3)C(C)(C)c3ccccc3-4)c2)C1. The predicted molar refractivity (Wildman–Crippen MR) is 228 cm³/mol. The van der Waals surface area contributed by atoms with Gasteiger partial charge in [0.25, 0.3) is 0 Å². The van der Waals surface area contributed by atoms with E-state index < -0.39 is 0 Å². The van der Waals surface area contributed by atoms with Gasteiger partial charge in [-0.1, -0.05) is 117 Å². The molecule has 1 aliphatic heterocycles. The summed E-state index contributed by atoms with van der Waals surface area (Å²) in [4.78, 5) is 4.65. The van der Waals surface area contributed by atoms with Crippen molar-refractivity contribution in [1.29, 1.82) is 0 Å². The predicted octanol–water partition coefficient (Wildman–Crippen LogP) is 13.1. The van der Waals surface area contributed by atoms with Gasteiger partial charge < -0.3 is 14.4 Å². The third kappa shape index (κ3) is 5.19. The van der Waals surface area contributed by atoms with E-state index >= 15 is 0 Å². The molecule has 0 atom stereocenters. The number of rotatable bonds is 6. The fourth-order valence-corrected chi connectivity index (χ4v) is 8.80. The summed E-state index contributed by atoms with van der Waals surface area (Å²) in [5.74, 6) is 0. The molecule has 1 aliphatic carbocycles. The van der Waals surface area contributed by atoms with Crippen LogP contribution in [0.3, 0.4) is 0 Å². The highest BCUT2D eigenvalue weighted by atomic mass is 15.1. The molecule has 260 valence electrons. The van der Waals surface area contributed by atoms with Crippen molar-refractivity contribution in [3.63, 3.8) is 0 Å². The number of para-hydroxylation sites is 2. The second-order valence-corrected chi connectivity index (χ2v) is 15.2. The summed E-state index contributed by atoms with van der Waals surface area (Å²) in [6.45, 7) is 5.60. The Morgan fingerprint density at radius 3 is 2.07 bits per heavy atom. The standard InChI is InChI=1S/C51H41N3/c1-51(2)47-20-9-7-18-43(47)44-28-27-42(33-48(44)51)53(41-17-11-13-36(31-41)38-14-12-30-52(3)34-38)40-25-22-35(23-26-40)37-24-29-50-46(32-37)45-19-8-10-21-49(45)54(50)39-15-5-4-6-16-39/h4-33H,34H2,1-3H3. The molecule has 54 heavy (non-hydrogen) atoms. The molecule has 7 aromatic carbocycles. The van der Waals surface area contributed by atoms with Gasteiger partial charge in [-0.25, -0.2) is 0 Å². The largest absolute Gasteiger partial charge is 0.376 e. The van der Waals surface area contributed by atoms with Gasteiger partial charge in [0.1, 0.15) is 0 Å². The minimum Gasteiger partial charge on any atom is -0.376 e. The third-order valence-corrected chi connectivity index (χ3v) is 11.5. The molecular formula is C51H41N3.